The number of benzene rings is 3. The first-order valence-corrected chi connectivity index (χ1v) is 16.1. The second-order valence-corrected chi connectivity index (χ2v) is 12.6. The number of rotatable bonds is 11. The molecule has 2 fully saturated rings. The largest absolute Gasteiger partial charge is 0.497 e. The zero-order valence-electron chi connectivity index (χ0n) is 25.4. The third-order valence-electron chi connectivity index (χ3n) is 8.52. The first kappa shape index (κ1) is 31.1. The lowest BCUT2D eigenvalue weighted by atomic mass is 9.82. The van der Waals surface area contributed by atoms with Crippen molar-refractivity contribution >= 4 is 33.3 Å². The molecule has 0 unspecified atom stereocenters. The van der Waals surface area contributed by atoms with Gasteiger partial charge in [0.2, 0.25) is 5.91 Å². The first-order chi connectivity index (χ1) is 21.8. The molecule has 2 bridgehead atoms. The number of halogens is 2. The van der Waals surface area contributed by atoms with E-state index in [1.807, 2.05) is 58.3 Å². The van der Waals surface area contributed by atoms with E-state index < -0.39 is 0 Å². The maximum absolute atomic E-state index is 14.5. The van der Waals surface area contributed by atoms with Gasteiger partial charge in [0.15, 0.2) is 0 Å². The van der Waals surface area contributed by atoms with Gasteiger partial charge in [0.1, 0.15) is 36.3 Å². The van der Waals surface area contributed by atoms with E-state index in [9.17, 15) is 14.0 Å². The van der Waals surface area contributed by atoms with Gasteiger partial charge in [0.25, 0.3) is 5.91 Å². The van der Waals surface area contributed by atoms with Gasteiger partial charge >= 0.3 is 0 Å². The zero-order chi connectivity index (χ0) is 31.5. The van der Waals surface area contributed by atoms with Crippen LogP contribution in [0.1, 0.15) is 37.3 Å². The molecule has 2 atom stereocenters. The number of carbonyl (C=O) groups excluding carboxylic acids is 2. The minimum Gasteiger partial charge on any atom is -0.497 e. The van der Waals surface area contributed by atoms with Crippen molar-refractivity contribution in [2.75, 3.05) is 33.4 Å². The molecule has 0 radical (unpaired) electrons. The molecular weight excluding hydrogens is 641 g/mol. The molecule has 236 valence electrons. The van der Waals surface area contributed by atoms with Gasteiger partial charge in [-0.1, -0.05) is 24.3 Å². The van der Waals surface area contributed by atoms with Crippen LogP contribution in [0.25, 0.3) is 5.57 Å². The lowest BCUT2D eigenvalue weighted by molar-refractivity contribution is -0.132. The summed E-state index contributed by atoms with van der Waals surface area (Å²) in [6.07, 6.45) is 2.59. The maximum atomic E-state index is 14.5. The number of carbonyl (C=O) groups is 2. The Kier molecular flexibility index (Phi) is 9.42. The van der Waals surface area contributed by atoms with Crippen LogP contribution >= 0.6 is 15.9 Å². The molecule has 6 rings (SSSR count). The molecule has 45 heavy (non-hydrogen) atoms. The molecule has 3 aliphatic rings. The molecule has 3 aromatic rings. The lowest BCUT2D eigenvalue weighted by Crippen LogP contribution is -2.61. The number of amides is 2. The fourth-order valence-electron chi connectivity index (χ4n) is 6.15. The molecule has 10 heteroatoms. The highest BCUT2D eigenvalue weighted by Gasteiger charge is 2.43. The first-order valence-electron chi connectivity index (χ1n) is 15.3. The highest BCUT2D eigenvalue weighted by Crippen LogP contribution is 2.38. The van der Waals surface area contributed by atoms with Crippen LogP contribution in [0.5, 0.6) is 17.2 Å². The Labute approximate surface area is 271 Å². The topological polar surface area (TPSA) is 80.3 Å². The fourth-order valence-corrected chi connectivity index (χ4v) is 6.51. The Morgan fingerprint density at radius 1 is 1.00 bits per heavy atom. The van der Waals surface area contributed by atoms with Crippen LogP contribution in [0, 0.1) is 5.82 Å². The van der Waals surface area contributed by atoms with Crippen molar-refractivity contribution in [2.45, 2.75) is 50.9 Å². The molecule has 1 saturated heterocycles. The normalized spacial score (nSPS) is 19.2. The van der Waals surface area contributed by atoms with Crippen LogP contribution in [0.15, 0.2) is 76.8 Å². The second kappa shape index (κ2) is 13.6. The van der Waals surface area contributed by atoms with Crippen molar-refractivity contribution in [1.82, 2.24) is 15.1 Å². The fraction of sp³-hybridized carbons (Fsp3) is 0.371. The summed E-state index contributed by atoms with van der Waals surface area (Å²) in [5, 5.41) is 3.65. The predicted octanol–water partition coefficient (Wildman–Crippen LogP) is 5.59. The standard InChI is InChI=1S/C35H37BrFN3O5/c1-22(41)39-20-26-18-30(24-6-11-28(12-7-24)44-14-15-45-33-17-25(37)8-13-31(33)36)34(32(21-39)38-26)35(42)40(27-9-10-27)19-23-4-3-5-29(16-23)43-2/h3-8,11-13,16-17,26-27,32,38H,9-10,14-15,18-21H2,1-2H3/t26-,32-/m1/s1. The van der Waals surface area contributed by atoms with Gasteiger partial charge < -0.3 is 29.3 Å². The molecule has 8 nitrogen and oxygen atoms in total. The summed E-state index contributed by atoms with van der Waals surface area (Å²) in [6.45, 7) is 3.68. The molecule has 0 aromatic heterocycles. The molecule has 3 aromatic carbocycles. The molecule has 2 aliphatic heterocycles. The summed E-state index contributed by atoms with van der Waals surface area (Å²) in [4.78, 5) is 30.8. The van der Waals surface area contributed by atoms with E-state index in [0.717, 1.165) is 40.9 Å². The van der Waals surface area contributed by atoms with Crippen LogP contribution in [0.3, 0.4) is 0 Å². The number of nitrogens with one attached hydrogen (secondary N) is 1. The van der Waals surface area contributed by atoms with Gasteiger partial charge in [0, 0.05) is 50.3 Å². The van der Waals surface area contributed by atoms with Crippen molar-refractivity contribution in [3.8, 4) is 17.2 Å². The molecule has 1 saturated carbocycles. The third kappa shape index (κ3) is 7.34. The van der Waals surface area contributed by atoms with E-state index in [1.165, 1.54) is 12.1 Å². The van der Waals surface area contributed by atoms with Crippen molar-refractivity contribution in [3.05, 3.63) is 93.7 Å². The Bertz CT molecular complexity index is 1590. The number of piperazine rings is 1. The van der Waals surface area contributed by atoms with E-state index in [1.54, 1.807) is 20.1 Å². The van der Waals surface area contributed by atoms with Crippen molar-refractivity contribution in [1.29, 1.82) is 0 Å². The Morgan fingerprint density at radius 2 is 1.78 bits per heavy atom. The van der Waals surface area contributed by atoms with Gasteiger partial charge in [-0.2, -0.15) is 0 Å². The predicted molar refractivity (Wildman–Crippen MR) is 173 cm³/mol. The minimum absolute atomic E-state index is 0.0117. The maximum Gasteiger partial charge on any atom is 0.252 e. The van der Waals surface area contributed by atoms with Gasteiger partial charge in [-0.05, 0) is 88.3 Å². The summed E-state index contributed by atoms with van der Waals surface area (Å²) in [5.41, 5.74) is 3.73. The molecule has 1 aliphatic carbocycles. The van der Waals surface area contributed by atoms with Gasteiger partial charge in [-0.25, -0.2) is 4.39 Å². The summed E-state index contributed by atoms with van der Waals surface area (Å²) in [5.74, 6) is 1.52. The zero-order valence-corrected chi connectivity index (χ0v) is 27.0. The summed E-state index contributed by atoms with van der Waals surface area (Å²) >= 11 is 3.37. The molecule has 1 N–H and O–H groups in total. The summed E-state index contributed by atoms with van der Waals surface area (Å²) < 4.78 is 31.2. The Morgan fingerprint density at radius 3 is 2.51 bits per heavy atom. The van der Waals surface area contributed by atoms with Gasteiger partial charge in [0.05, 0.1) is 17.6 Å². The van der Waals surface area contributed by atoms with Gasteiger partial charge in [-0.15, -0.1) is 0 Å². The summed E-state index contributed by atoms with van der Waals surface area (Å²) in [7, 11) is 1.64. The van der Waals surface area contributed by atoms with Crippen LogP contribution in [-0.4, -0.2) is 73.2 Å². The Balaban J connectivity index is 1.23. The highest BCUT2D eigenvalue weighted by atomic mass is 79.9. The molecule has 2 heterocycles. The van der Waals surface area contributed by atoms with Crippen LogP contribution in [0.4, 0.5) is 4.39 Å². The number of methoxy groups -OCH3 is 1. The van der Waals surface area contributed by atoms with Crippen molar-refractivity contribution < 1.29 is 28.2 Å². The van der Waals surface area contributed by atoms with Crippen LogP contribution in [-0.2, 0) is 16.1 Å². The second-order valence-electron chi connectivity index (χ2n) is 11.7. The van der Waals surface area contributed by atoms with E-state index in [-0.39, 0.29) is 49.0 Å². The third-order valence-corrected chi connectivity index (χ3v) is 9.18. The number of hydrogen-bond acceptors (Lipinski definition) is 6. The molecular formula is C35H37BrFN3O5. The highest BCUT2D eigenvalue weighted by molar-refractivity contribution is 9.10. The lowest BCUT2D eigenvalue weighted by Gasteiger charge is -2.44. The van der Waals surface area contributed by atoms with E-state index in [4.69, 9.17) is 14.2 Å². The summed E-state index contributed by atoms with van der Waals surface area (Å²) in [6, 6.07) is 19.9. The quantitative estimate of drug-likeness (QED) is 0.267. The smallest absolute Gasteiger partial charge is 0.252 e. The average Bonchev–Trinajstić information content (AvgIpc) is 3.89. The van der Waals surface area contributed by atoms with E-state index in [0.29, 0.717) is 42.0 Å². The van der Waals surface area contributed by atoms with Crippen LogP contribution in [0.2, 0.25) is 0 Å². The van der Waals surface area contributed by atoms with Crippen molar-refractivity contribution in [2.24, 2.45) is 0 Å². The monoisotopic (exact) mass is 677 g/mol. The Hall–Kier alpha value is -3.89. The number of nitrogens with zero attached hydrogens (tertiary/aromatic N) is 2. The van der Waals surface area contributed by atoms with Gasteiger partial charge in [-0.3, -0.25) is 9.59 Å². The molecule has 0 spiro atoms. The van der Waals surface area contributed by atoms with Crippen molar-refractivity contribution in [3.63, 3.8) is 0 Å². The number of hydrogen-bond donors (Lipinski definition) is 1. The van der Waals surface area contributed by atoms with Crippen LogP contribution < -0.4 is 19.5 Å². The number of fused-ring (bicyclic) bond motifs is 2. The molecule has 2 amide bonds. The van der Waals surface area contributed by atoms with E-state index in [2.05, 4.69) is 21.2 Å². The van der Waals surface area contributed by atoms with E-state index >= 15 is 0 Å². The average molecular weight is 679 g/mol. The SMILES string of the molecule is COc1cccc(CN(C(=O)C2=C(c3ccc(OCCOc4cc(F)ccc4Br)cc3)C[C@@H]3CN(C(C)=O)C[C@H]2N3)C2CC2)c1. The number of ether oxygens (including phenoxy) is 3. The minimum atomic E-state index is -0.367.